The van der Waals surface area contributed by atoms with Crippen molar-refractivity contribution in [3.8, 4) is 0 Å². The molecule has 0 radical (unpaired) electrons. The molecule has 0 unspecified atom stereocenters. The number of hydrogen-bond acceptors (Lipinski definition) is 3. The Bertz CT molecular complexity index is 777. The predicted octanol–water partition coefficient (Wildman–Crippen LogP) is 3.73. The quantitative estimate of drug-likeness (QED) is 0.388. The Morgan fingerprint density at radius 2 is 1.88 bits per heavy atom. The van der Waals surface area contributed by atoms with Crippen molar-refractivity contribution in [2.75, 3.05) is 0 Å². The highest BCUT2D eigenvalue weighted by atomic mass is 15.0. The molecule has 0 bridgehead atoms. The van der Waals surface area contributed by atoms with Gasteiger partial charge < -0.3 is 10.3 Å². The number of imidazole rings is 1. The molecular formula is C20H23N5. The molecule has 0 aliphatic rings. The molecule has 128 valence electrons. The lowest BCUT2D eigenvalue weighted by Crippen LogP contribution is -2.14. The van der Waals surface area contributed by atoms with Crippen LogP contribution in [-0.2, 0) is 13.0 Å². The summed E-state index contributed by atoms with van der Waals surface area (Å²) < 4.78 is 2.12. The van der Waals surface area contributed by atoms with Crippen molar-refractivity contribution in [2.24, 2.45) is 10.7 Å². The van der Waals surface area contributed by atoms with E-state index in [0.717, 1.165) is 18.7 Å². The standard InChI is InChI=1S/C20H23N5/c21-20(19-7-3-4-12-23-19)24-18-10-8-17(9-11-18)6-2-1-5-14-25-15-13-22-16-25/h3-4,7-13,15-16H,1-2,5-6,14H2,(H2,21,24). The maximum absolute atomic E-state index is 6.00. The van der Waals surface area contributed by atoms with Gasteiger partial charge in [0.25, 0.3) is 0 Å². The van der Waals surface area contributed by atoms with E-state index in [9.17, 15) is 0 Å². The molecular weight excluding hydrogens is 310 g/mol. The zero-order valence-corrected chi connectivity index (χ0v) is 14.3. The molecule has 5 nitrogen and oxygen atoms in total. The van der Waals surface area contributed by atoms with Gasteiger partial charge in [-0.25, -0.2) is 9.98 Å². The summed E-state index contributed by atoms with van der Waals surface area (Å²) >= 11 is 0. The second-order valence-electron chi connectivity index (χ2n) is 5.99. The van der Waals surface area contributed by atoms with Crippen LogP contribution in [0.15, 0.2) is 72.4 Å². The van der Waals surface area contributed by atoms with Crippen LogP contribution in [0.4, 0.5) is 5.69 Å². The number of nitrogens with two attached hydrogens (primary N) is 1. The maximum atomic E-state index is 6.00. The summed E-state index contributed by atoms with van der Waals surface area (Å²) in [5, 5.41) is 0. The van der Waals surface area contributed by atoms with E-state index < -0.39 is 0 Å². The van der Waals surface area contributed by atoms with Crippen LogP contribution in [0.2, 0.25) is 0 Å². The average molecular weight is 333 g/mol. The molecule has 1 aromatic carbocycles. The third kappa shape index (κ3) is 5.28. The van der Waals surface area contributed by atoms with Gasteiger partial charge in [0.05, 0.1) is 12.0 Å². The molecule has 3 aromatic rings. The first-order valence-corrected chi connectivity index (χ1v) is 8.61. The van der Waals surface area contributed by atoms with Crippen LogP contribution >= 0.6 is 0 Å². The van der Waals surface area contributed by atoms with Crippen LogP contribution in [0, 0.1) is 0 Å². The molecule has 2 N–H and O–H groups in total. The number of aryl methyl sites for hydroxylation is 2. The van der Waals surface area contributed by atoms with Gasteiger partial charge in [0, 0.05) is 25.1 Å². The van der Waals surface area contributed by atoms with Crippen molar-refractivity contribution in [3.05, 3.63) is 78.6 Å². The predicted molar refractivity (Wildman–Crippen MR) is 101 cm³/mol. The summed E-state index contributed by atoms with van der Waals surface area (Å²) in [5.41, 5.74) is 8.88. The molecule has 0 spiro atoms. The van der Waals surface area contributed by atoms with Gasteiger partial charge in [-0.3, -0.25) is 4.98 Å². The topological polar surface area (TPSA) is 69.1 Å². The van der Waals surface area contributed by atoms with Gasteiger partial charge in [0.2, 0.25) is 0 Å². The van der Waals surface area contributed by atoms with E-state index in [1.165, 1.54) is 24.8 Å². The molecule has 0 saturated carbocycles. The fourth-order valence-electron chi connectivity index (χ4n) is 2.67. The molecule has 2 heterocycles. The fourth-order valence-corrected chi connectivity index (χ4v) is 2.67. The minimum Gasteiger partial charge on any atom is -0.382 e. The Labute approximate surface area is 148 Å². The van der Waals surface area contributed by atoms with E-state index in [2.05, 4.69) is 31.7 Å². The molecule has 0 aliphatic heterocycles. The number of pyridine rings is 1. The SMILES string of the molecule is NC(=Nc1ccc(CCCCCn2ccnc2)cc1)c1ccccn1. The van der Waals surface area contributed by atoms with Gasteiger partial charge in [-0.05, 0) is 49.1 Å². The van der Waals surface area contributed by atoms with Gasteiger partial charge in [-0.15, -0.1) is 0 Å². The highest BCUT2D eigenvalue weighted by Gasteiger charge is 2.00. The highest BCUT2D eigenvalue weighted by molar-refractivity contribution is 5.97. The largest absolute Gasteiger partial charge is 0.382 e. The fraction of sp³-hybridized carbons (Fsp3) is 0.250. The number of aliphatic imine (C=N–C) groups is 1. The third-order valence-corrected chi connectivity index (χ3v) is 4.05. The second-order valence-corrected chi connectivity index (χ2v) is 5.99. The summed E-state index contributed by atoms with van der Waals surface area (Å²) in [6, 6.07) is 13.9. The van der Waals surface area contributed by atoms with Crippen molar-refractivity contribution >= 4 is 11.5 Å². The number of nitrogens with zero attached hydrogens (tertiary/aromatic N) is 4. The first-order chi connectivity index (χ1) is 12.3. The second kappa shape index (κ2) is 8.78. The number of amidine groups is 1. The molecule has 0 fully saturated rings. The zero-order valence-electron chi connectivity index (χ0n) is 14.3. The molecule has 3 rings (SSSR count). The van der Waals surface area contributed by atoms with Crippen LogP contribution in [0.25, 0.3) is 0 Å². The van der Waals surface area contributed by atoms with Crippen LogP contribution in [0.3, 0.4) is 0 Å². The van der Waals surface area contributed by atoms with E-state index in [4.69, 9.17) is 5.73 Å². The minimum atomic E-state index is 0.438. The van der Waals surface area contributed by atoms with Crippen molar-refractivity contribution in [3.63, 3.8) is 0 Å². The van der Waals surface area contributed by atoms with Crippen molar-refractivity contribution in [2.45, 2.75) is 32.2 Å². The number of unbranched alkanes of at least 4 members (excludes halogenated alkanes) is 2. The van der Waals surface area contributed by atoms with E-state index in [0.29, 0.717) is 11.5 Å². The molecule has 2 aromatic heterocycles. The monoisotopic (exact) mass is 333 g/mol. The first kappa shape index (κ1) is 16.9. The summed E-state index contributed by atoms with van der Waals surface area (Å²) in [5.74, 6) is 0.438. The Morgan fingerprint density at radius 3 is 2.60 bits per heavy atom. The Morgan fingerprint density at radius 1 is 1.00 bits per heavy atom. The normalized spacial score (nSPS) is 11.6. The summed E-state index contributed by atoms with van der Waals surface area (Å²) in [6.45, 7) is 1.04. The first-order valence-electron chi connectivity index (χ1n) is 8.61. The van der Waals surface area contributed by atoms with Crippen molar-refractivity contribution in [1.29, 1.82) is 0 Å². The third-order valence-electron chi connectivity index (χ3n) is 4.05. The lowest BCUT2D eigenvalue weighted by atomic mass is 10.1. The lowest BCUT2D eigenvalue weighted by molar-refractivity contribution is 0.587. The maximum Gasteiger partial charge on any atom is 0.150 e. The minimum absolute atomic E-state index is 0.438. The number of hydrogen-bond donors (Lipinski definition) is 1. The van der Waals surface area contributed by atoms with Gasteiger partial charge in [-0.2, -0.15) is 0 Å². The molecule has 0 aliphatic carbocycles. The van der Waals surface area contributed by atoms with E-state index in [1.807, 2.05) is 49.1 Å². The highest BCUT2D eigenvalue weighted by Crippen LogP contribution is 2.16. The number of rotatable bonds is 8. The molecule has 5 heteroatoms. The smallest absolute Gasteiger partial charge is 0.150 e. The summed E-state index contributed by atoms with van der Waals surface area (Å²) in [6.07, 6.45) is 12.1. The van der Waals surface area contributed by atoms with E-state index in [1.54, 1.807) is 6.20 Å². The van der Waals surface area contributed by atoms with Crippen molar-refractivity contribution in [1.82, 2.24) is 14.5 Å². The Hall–Kier alpha value is -2.95. The molecule has 0 saturated heterocycles. The van der Waals surface area contributed by atoms with Gasteiger partial charge in [-0.1, -0.05) is 24.6 Å². The Balaban J connectivity index is 1.45. The molecule has 0 atom stereocenters. The van der Waals surface area contributed by atoms with Gasteiger partial charge in [0.15, 0.2) is 0 Å². The van der Waals surface area contributed by atoms with E-state index >= 15 is 0 Å². The Kier molecular flexibility index (Phi) is 5.93. The number of benzene rings is 1. The molecule has 0 amide bonds. The summed E-state index contributed by atoms with van der Waals surface area (Å²) in [7, 11) is 0. The number of aromatic nitrogens is 3. The van der Waals surface area contributed by atoms with Crippen LogP contribution in [-0.4, -0.2) is 20.4 Å². The van der Waals surface area contributed by atoms with Gasteiger partial charge >= 0.3 is 0 Å². The average Bonchev–Trinajstić information content (AvgIpc) is 3.17. The van der Waals surface area contributed by atoms with Gasteiger partial charge in [0.1, 0.15) is 11.5 Å². The van der Waals surface area contributed by atoms with Crippen LogP contribution < -0.4 is 5.73 Å². The van der Waals surface area contributed by atoms with E-state index in [-0.39, 0.29) is 0 Å². The van der Waals surface area contributed by atoms with Crippen LogP contribution in [0.5, 0.6) is 0 Å². The lowest BCUT2D eigenvalue weighted by Gasteiger charge is -2.04. The molecule has 25 heavy (non-hydrogen) atoms. The summed E-state index contributed by atoms with van der Waals surface area (Å²) in [4.78, 5) is 12.7. The van der Waals surface area contributed by atoms with Crippen molar-refractivity contribution < 1.29 is 0 Å². The zero-order chi connectivity index (χ0) is 17.3. The van der Waals surface area contributed by atoms with Crippen LogP contribution in [0.1, 0.15) is 30.5 Å².